The zero-order chi connectivity index (χ0) is 30.3. The molecule has 0 aromatic heterocycles. The molecule has 0 aliphatic heterocycles. The smallest absolute Gasteiger partial charge is 0.408 e. The number of hydrogen-bond acceptors (Lipinski definition) is 6. The molecule has 2 unspecified atom stereocenters. The molecule has 9 nitrogen and oxygen atoms in total. The van der Waals surface area contributed by atoms with Gasteiger partial charge in [0.1, 0.15) is 29.2 Å². The van der Waals surface area contributed by atoms with Crippen molar-refractivity contribution in [1.82, 2.24) is 10.2 Å². The number of anilines is 1. The Bertz CT molecular complexity index is 1370. The van der Waals surface area contributed by atoms with Crippen LogP contribution in [0.2, 0.25) is 0 Å². The van der Waals surface area contributed by atoms with E-state index in [0.29, 0.717) is 29.8 Å². The Morgan fingerprint density at radius 2 is 1.67 bits per heavy atom. The standard InChI is InChI=1S/C33H39N3O6/c1-33(2,3)42-32(40)35-28(20-22-10-6-5-7-11-22)31(39)36(25-13-9-14-25)29(23-12-8-15-26(37)21-23)30(38)34-24-16-18-27(41-4)19-17-24/h5-8,10-12,15-19,21,25,28-29,37H,9,13-14,20H2,1-4H3,(H,34,38)(H,35,40). The number of phenolic OH excluding ortho intramolecular Hbond substituents is 1. The van der Waals surface area contributed by atoms with Crippen LogP contribution in [0.15, 0.2) is 78.9 Å². The molecule has 0 spiro atoms. The first kappa shape index (κ1) is 30.4. The van der Waals surface area contributed by atoms with Crippen molar-refractivity contribution in [3.63, 3.8) is 0 Å². The molecule has 1 aliphatic carbocycles. The molecule has 1 aliphatic rings. The van der Waals surface area contributed by atoms with Crippen molar-refractivity contribution >= 4 is 23.6 Å². The number of amides is 3. The van der Waals surface area contributed by atoms with E-state index >= 15 is 0 Å². The highest BCUT2D eigenvalue weighted by atomic mass is 16.6. The molecule has 0 saturated heterocycles. The third kappa shape index (κ3) is 8.02. The van der Waals surface area contributed by atoms with Crippen LogP contribution in [0.4, 0.5) is 10.5 Å². The lowest BCUT2D eigenvalue weighted by Gasteiger charge is -2.43. The summed E-state index contributed by atoms with van der Waals surface area (Å²) < 4.78 is 10.7. The van der Waals surface area contributed by atoms with Crippen LogP contribution in [0, 0.1) is 0 Å². The Kier molecular flexibility index (Phi) is 9.72. The second kappa shape index (κ2) is 13.4. The number of hydrogen-bond donors (Lipinski definition) is 3. The van der Waals surface area contributed by atoms with E-state index in [2.05, 4.69) is 10.6 Å². The van der Waals surface area contributed by atoms with Gasteiger partial charge >= 0.3 is 6.09 Å². The average molecular weight is 574 g/mol. The maximum atomic E-state index is 14.5. The lowest BCUT2D eigenvalue weighted by Crippen LogP contribution is -2.57. The molecule has 3 aromatic carbocycles. The van der Waals surface area contributed by atoms with Crippen molar-refractivity contribution in [2.24, 2.45) is 0 Å². The predicted molar refractivity (Wildman–Crippen MR) is 160 cm³/mol. The second-order valence-corrected chi connectivity index (χ2v) is 11.4. The molecule has 222 valence electrons. The molecule has 4 rings (SSSR count). The molecule has 42 heavy (non-hydrogen) atoms. The Balaban J connectivity index is 1.73. The highest BCUT2D eigenvalue weighted by molar-refractivity contribution is 5.99. The summed E-state index contributed by atoms with van der Waals surface area (Å²) >= 11 is 0. The average Bonchev–Trinajstić information content (AvgIpc) is 2.91. The van der Waals surface area contributed by atoms with Gasteiger partial charge in [-0.3, -0.25) is 9.59 Å². The SMILES string of the molecule is COc1ccc(NC(=O)C(c2cccc(O)c2)N(C(=O)C(Cc2ccccc2)NC(=O)OC(C)(C)C)C2CCC2)cc1. The molecule has 3 amide bonds. The van der Waals surface area contributed by atoms with E-state index in [4.69, 9.17) is 9.47 Å². The molecule has 9 heteroatoms. The first-order chi connectivity index (χ1) is 20.0. The number of aromatic hydroxyl groups is 1. The van der Waals surface area contributed by atoms with Crippen LogP contribution in [0.3, 0.4) is 0 Å². The van der Waals surface area contributed by atoms with E-state index in [1.165, 1.54) is 12.1 Å². The molecule has 3 aromatic rings. The maximum absolute atomic E-state index is 14.5. The van der Waals surface area contributed by atoms with Gasteiger partial charge in [0.25, 0.3) is 5.91 Å². The Labute approximate surface area is 246 Å². The highest BCUT2D eigenvalue weighted by Crippen LogP contribution is 2.35. The minimum absolute atomic E-state index is 0.0246. The van der Waals surface area contributed by atoms with Gasteiger partial charge in [0.2, 0.25) is 5.91 Å². The molecule has 1 saturated carbocycles. The predicted octanol–water partition coefficient (Wildman–Crippen LogP) is 5.60. The fraction of sp³-hybridized carbons (Fsp3) is 0.364. The Morgan fingerprint density at radius 1 is 0.976 bits per heavy atom. The molecule has 0 bridgehead atoms. The van der Waals surface area contributed by atoms with Crippen molar-refractivity contribution in [3.05, 3.63) is 90.0 Å². The molecule has 0 heterocycles. The summed E-state index contributed by atoms with van der Waals surface area (Å²) in [5.41, 5.74) is 1.06. The number of rotatable bonds is 10. The summed E-state index contributed by atoms with van der Waals surface area (Å²) in [6, 6.07) is 20.3. The summed E-state index contributed by atoms with van der Waals surface area (Å²) in [6.45, 7) is 5.26. The molecule has 3 N–H and O–H groups in total. The van der Waals surface area contributed by atoms with E-state index < -0.39 is 35.6 Å². The largest absolute Gasteiger partial charge is 0.508 e. The van der Waals surface area contributed by atoms with Crippen LogP contribution in [-0.4, -0.2) is 52.7 Å². The zero-order valence-corrected chi connectivity index (χ0v) is 24.5. The highest BCUT2D eigenvalue weighted by Gasteiger charge is 2.42. The summed E-state index contributed by atoms with van der Waals surface area (Å²) in [5, 5.41) is 16.0. The summed E-state index contributed by atoms with van der Waals surface area (Å²) in [7, 11) is 1.56. The number of carbonyl (C=O) groups excluding carboxylic acids is 3. The van der Waals surface area contributed by atoms with E-state index in [-0.39, 0.29) is 18.2 Å². The van der Waals surface area contributed by atoms with Gasteiger partial charge in [-0.25, -0.2) is 4.79 Å². The number of methoxy groups -OCH3 is 1. The Hall–Kier alpha value is -4.53. The lowest BCUT2D eigenvalue weighted by atomic mass is 9.87. The number of alkyl carbamates (subject to hydrolysis) is 1. The number of nitrogens with one attached hydrogen (secondary N) is 2. The van der Waals surface area contributed by atoms with Crippen LogP contribution in [0.25, 0.3) is 0 Å². The van der Waals surface area contributed by atoms with Crippen molar-refractivity contribution in [1.29, 1.82) is 0 Å². The van der Waals surface area contributed by atoms with E-state index in [1.807, 2.05) is 30.3 Å². The number of ether oxygens (including phenoxy) is 2. The molecule has 2 atom stereocenters. The normalized spacial score (nSPS) is 14.6. The molecular weight excluding hydrogens is 534 g/mol. The third-order valence-electron chi connectivity index (χ3n) is 7.06. The van der Waals surface area contributed by atoms with Gasteiger partial charge in [0.15, 0.2) is 0 Å². The fourth-order valence-electron chi connectivity index (χ4n) is 4.88. The number of phenols is 1. The van der Waals surface area contributed by atoms with E-state index in [1.54, 1.807) is 69.2 Å². The van der Waals surface area contributed by atoms with Crippen LogP contribution in [0.1, 0.15) is 57.2 Å². The van der Waals surface area contributed by atoms with Gasteiger partial charge < -0.3 is 30.1 Å². The lowest BCUT2D eigenvalue weighted by molar-refractivity contribution is -0.145. The van der Waals surface area contributed by atoms with Crippen molar-refractivity contribution < 1.29 is 29.0 Å². The quantitative estimate of drug-likeness (QED) is 0.291. The first-order valence-electron chi connectivity index (χ1n) is 14.1. The van der Waals surface area contributed by atoms with Crippen molar-refractivity contribution in [2.45, 2.75) is 70.2 Å². The minimum Gasteiger partial charge on any atom is -0.508 e. The Morgan fingerprint density at radius 3 is 2.24 bits per heavy atom. The monoisotopic (exact) mass is 573 g/mol. The first-order valence-corrected chi connectivity index (χ1v) is 14.1. The van der Waals surface area contributed by atoms with Gasteiger partial charge in [0.05, 0.1) is 7.11 Å². The zero-order valence-electron chi connectivity index (χ0n) is 24.5. The van der Waals surface area contributed by atoms with Gasteiger partial charge in [-0.1, -0.05) is 42.5 Å². The number of carbonyl (C=O) groups is 3. The van der Waals surface area contributed by atoms with Crippen LogP contribution < -0.4 is 15.4 Å². The summed E-state index contributed by atoms with van der Waals surface area (Å²) in [4.78, 5) is 43.0. The summed E-state index contributed by atoms with van der Waals surface area (Å²) in [6.07, 6.45) is 1.81. The van der Waals surface area contributed by atoms with Gasteiger partial charge in [0, 0.05) is 18.2 Å². The number of benzene rings is 3. The molecular formula is C33H39N3O6. The minimum atomic E-state index is -1.07. The second-order valence-electron chi connectivity index (χ2n) is 11.4. The summed E-state index contributed by atoms with van der Waals surface area (Å²) in [5.74, 6) is -0.237. The van der Waals surface area contributed by atoms with E-state index in [9.17, 15) is 19.5 Å². The van der Waals surface area contributed by atoms with Gasteiger partial charge in [-0.2, -0.15) is 0 Å². The van der Waals surface area contributed by atoms with Gasteiger partial charge in [-0.05, 0) is 87.6 Å². The van der Waals surface area contributed by atoms with Crippen LogP contribution >= 0.6 is 0 Å². The third-order valence-corrected chi connectivity index (χ3v) is 7.06. The van der Waals surface area contributed by atoms with Crippen molar-refractivity contribution in [3.8, 4) is 11.5 Å². The van der Waals surface area contributed by atoms with E-state index in [0.717, 1.165) is 12.0 Å². The fourth-order valence-corrected chi connectivity index (χ4v) is 4.88. The maximum Gasteiger partial charge on any atom is 0.408 e. The van der Waals surface area contributed by atoms with Crippen LogP contribution in [0.5, 0.6) is 11.5 Å². The van der Waals surface area contributed by atoms with Crippen LogP contribution in [-0.2, 0) is 20.7 Å². The molecule has 0 radical (unpaired) electrons. The topological polar surface area (TPSA) is 117 Å². The van der Waals surface area contributed by atoms with Crippen molar-refractivity contribution in [2.75, 3.05) is 12.4 Å². The number of nitrogens with zero attached hydrogens (tertiary/aromatic N) is 1. The molecule has 1 fully saturated rings. The van der Waals surface area contributed by atoms with Gasteiger partial charge in [-0.15, -0.1) is 0 Å².